The van der Waals surface area contributed by atoms with Crippen molar-refractivity contribution in [2.75, 3.05) is 26.2 Å². The minimum absolute atomic E-state index is 0.204. The van der Waals surface area contributed by atoms with Crippen LogP contribution in [0.15, 0.2) is 51.6 Å². The van der Waals surface area contributed by atoms with E-state index >= 15 is 0 Å². The van der Waals surface area contributed by atoms with E-state index in [-0.39, 0.29) is 5.91 Å². The van der Waals surface area contributed by atoms with Gasteiger partial charge in [0.2, 0.25) is 5.91 Å². The summed E-state index contributed by atoms with van der Waals surface area (Å²) in [6.45, 7) is 4.18. The second kappa shape index (κ2) is 7.11. The molecule has 0 saturated carbocycles. The average Bonchev–Trinajstić information content (AvgIpc) is 3.01. The van der Waals surface area contributed by atoms with Gasteiger partial charge in [0, 0.05) is 30.7 Å². The third-order valence-electron chi connectivity index (χ3n) is 3.93. The van der Waals surface area contributed by atoms with Gasteiger partial charge in [0.15, 0.2) is 0 Å². The van der Waals surface area contributed by atoms with E-state index in [1.165, 1.54) is 0 Å². The van der Waals surface area contributed by atoms with Crippen LogP contribution >= 0.6 is 15.9 Å². The topological polar surface area (TPSA) is 36.7 Å². The molecule has 1 amide bonds. The van der Waals surface area contributed by atoms with Crippen LogP contribution < -0.4 is 0 Å². The van der Waals surface area contributed by atoms with Gasteiger partial charge in [-0.3, -0.25) is 9.69 Å². The van der Waals surface area contributed by atoms with Crippen LogP contribution in [0.4, 0.5) is 0 Å². The molecule has 1 aromatic heterocycles. The van der Waals surface area contributed by atoms with Crippen LogP contribution in [0.1, 0.15) is 11.3 Å². The summed E-state index contributed by atoms with van der Waals surface area (Å²) in [5, 5.41) is 0. The molecule has 0 atom stereocenters. The Morgan fingerprint density at radius 3 is 2.64 bits per heavy atom. The molecule has 0 unspecified atom stereocenters. The highest BCUT2D eigenvalue weighted by Gasteiger charge is 2.21. The summed E-state index contributed by atoms with van der Waals surface area (Å²) in [4.78, 5) is 16.7. The number of furan rings is 1. The molecular weight excluding hydrogens is 344 g/mol. The molecular formula is C17H19BrN2O2. The van der Waals surface area contributed by atoms with Crippen LogP contribution in [0.5, 0.6) is 0 Å². The molecule has 116 valence electrons. The Kier molecular flexibility index (Phi) is 4.95. The number of hydrogen-bond acceptors (Lipinski definition) is 3. The molecule has 4 nitrogen and oxygen atoms in total. The predicted octanol–water partition coefficient (Wildman–Crippen LogP) is 2.93. The fraction of sp³-hybridized carbons (Fsp3) is 0.353. The molecule has 1 aromatic carbocycles. The number of hydrogen-bond donors (Lipinski definition) is 0. The van der Waals surface area contributed by atoms with Gasteiger partial charge < -0.3 is 9.32 Å². The highest BCUT2D eigenvalue weighted by atomic mass is 79.9. The van der Waals surface area contributed by atoms with Gasteiger partial charge in [-0.05, 0) is 29.8 Å². The number of halogens is 1. The van der Waals surface area contributed by atoms with Crippen LogP contribution in [-0.4, -0.2) is 41.9 Å². The van der Waals surface area contributed by atoms with Gasteiger partial charge in [-0.15, -0.1) is 0 Å². The SMILES string of the molecule is O=C(Cc1cccc(Br)c1)N1CCN(Cc2ccco2)CC1. The number of benzene rings is 1. The second-order valence-electron chi connectivity index (χ2n) is 5.54. The maximum Gasteiger partial charge on any atom is 0.227 e. The number of piperazine rings is 1. The zero-order chi connectivity index (χ0) is 15.4. The quantitative estimate of drug-likeness (QED) is 0.838. The number of carbonyl (C=O) groups is 1. The van der Waals surface area contributed by atoms with E-state index in [1.807, 2.05) is 41.3 Å². The zero-order valence-electron chi connectivity index (χ0n) is 12.4. The Balaban J connectivity index is 1.49. The second-order valence-corrected chi connectivity index (χ2v) is 6.46. The molecule has 1 aliphatic rings. The van der Waals surface area contributed by atoms with Crippen LogP contribution in [0.25, 0.3) is 0 Å². The molecule has 2 heterocycles. The summed E-state index contributed by atoms with van der Waals surface area (Å²) in [5.41, 5.74) is 1.05. The first-order valence-electron chi connectivity index (χ1n) is 7.48. The van der Waals surface area contributed by atoms with Crippen molar-refractivity contribution in [2.24, 2.45) is 0 Å². The van der Waals surface area contributed by atoms with Crippen LogP contribution in [-0.2, 0) is 17.8 Å². The molecule has 1 saturated heterocycles. The first-order chi connectivity index (χ1) is 10.7. The molecule has 0 N–H and O–H groups in total. The standard InChI is InChI=1S/C17H19BrN2O2/c18-15-4-1-3-14(11-15)12-17(21)20-8-6-19(7-9-20)13-16-5-2-10-22-16/h1-5,10-11H,6-9,12-13H2. The van der Waals surface area contributed by atoms with Gasteiger partial charge in [-0.25, -0.2) is 0 Å². The summed E-state index contributed by atoms with van der Waals surface area (Å²) in [6, 6.07) is 11.8. The third kappa shape index (κ3) is 3.99. The Bertz CT molecular complexity index is 619. The predicted molar refractivity (Wildman–Crippen MR) is 88.4 cm³/mol. The lowest BCUT2D eigenvalue weighted by Gasteiger charge is -2.34. The Hall–Kier alpha value is -1.59. The Labute approximate surface area is 138 Å². The van der Waals surface area contributed by atoms with E-state index < -0.39 is 0 Å². The van der Waals surface area contributed by atoms with E-state index in [9.17, 15) is 4.79 Å². The molecule has 22 heavy (non-hydrogen) atoms. The Morgan fingerprint density at radius 2 is 1.95 bits per heavy atom. The maximum absolute atomic E-state index is 12.4. The lowest BCUT2D eigenvalue weighted by Crippen LogP contribution is -2.48. The van der Waals surface area contributed by atoms with Crippen molar-refractivity contribution in [2.45, 2.75) is 13.0 Å². The largest absolute Gasteiger partial charge is 0.468 e. The minimum atomic E-state index is 0.204. The highest BCUT2D eigenvalue weighted by Crippen LogP contribution is 2.14. The molecule has 3 rings (SSSR count). The lowest BCUT2D eigenvalue weighted by atomic mass is 10.1. The van der Waals surface area contributed by atoms with Crippen molar-refractivity contribution in [3.8, 4) is 0 Å². The number of rotatable bonds is 4. The summed E-state index contributed by atoms with van der Waals surface area (Å²) >= 11 is 3.44. The van der Waals surface area contributed by atoms with Crippen molar-refractivity contribution in [3.05, 3.63) is 58.5 Å². The first-order valence-corrected chi connectivity index (χ1v) is 8.27. The first kappa shape index (κ1) is 15.3. The summed E-state index contributed by atoms with van der Waals surface area (Å²) in [6.07, 6.45) is 2.17. The fourth-order valence-electron chi connectivity index (χ4n) is 2.71. The van der Waals surface area contributed by atoms with Crippen molar-refractivity contribution < 1.29 is 9.21 Å². The lowest BCUT2D eigenvalue weighted by molar-refractivity contribution is -0.132. The molecule has 2 aromatic rings. The number of amides is 1. The van der Waals surface area contributed by atoms with Gasteiger partial charge in [-0.1, -0.05) is 28.1 Å². The zero-order valence-corrected chi connectivity index (χ0v) is 14.0. The molecule has 0 radical (unpaired) electrons. The smallest absolute Gasteiger partial charge is 0.227 e. The monoisotopic (exact) mass is 362 g/mol. The van der Waals surface area contributed by atoms with Crippen LogP contribution in [0, 0.1) is 0 Å². The molecule has 0 bridgehead atoms. The van der Waals surface area contributed by atoms with Gasteiger partial charge in [0.1, 0.15) is 5.76 Å². The van der Waals surface area contributed by atoms with E-state index in [0.29, 0.717) is 6.42 Å². The molecule has 1 fully saturated rings. The number of nitrogens with zero attached hydrogens (tertiary/aromatic N) is 2. The third-order valence-corrected chi connectivity index (χ3v) is 4.42. The van der Waals surface area contributed by atoms with Gasteiger partial charge >= 0.3 is 0 Å². The fourth-order valence-corrected chi connectivity index (χ4v) is 3.16. The van der Waals surface area contributed by atoms with Crippen molar-refractivity contribution in [1.82, 2.24) is 9.80 Å². The summed E-state index contributed by atoms with van der Waals surface area (Å²) in [7, 11) is 0. The van der Waals surface area contributed by atoms with Gasteiger partial charge in [-0.2, -0.15) is 0 Å². The number of carbonyl (C=O) groups excluding carboxylic acids is 1. The summed E-state index contributed by atoms with van der Waals surface area (Å²) < 4.78 is 6.39. The van der Waals surface area contributed by atoms with E-state index in [0.717, 1.165) is 48.5 Å². The molecule has 0 aliphatic carbocycles. The molecule has 0 spiro atoms. The summed E-state index contributed by atoms with van der Waals surface area (Å²) in [5.74, 6) is 1.18. The van der Waals surface area contributed by atoms with Gasteiger partial charge in [0.25, 0.3) is 0 Å². The van der Waals surface area contributed by atoms with Crippen molar-refractivity contribution >= 4 is 21.8 Å². The van der Waals surface area contributed by atoms with Crippen molar-refractivity contribution in [3.63, 3.8) is 0 Å². The van der Waals surface area contributed by atoms with E-state index in [4.69, 9.17) is 4.42 Å². The maximum atomic E-state index is 12.4. The van der Waals surface area contributed by atoms with E-state index in [1.54, 1.807) is 6.26 Å². The normalized spacial score (nSPS) is 16.0. The minimum Gasteiger partial charge on any atom is -0.468 e. The van der Waals surface area contributed by atoms with Crippen LogP contribution in [0.2, 0.25) is 0 Å². The average molecular weight is 363 g/mol. The highest BCUT2D eigenvalue weighted by molar-refractivity contribution is 9.10. The van der Waals surface area contributed by atoms with Crippen molar-refractivity contribution in [1.29, 1.82) is 0 Å². The molecule has 5 heteroatoms. The Morgan fingerprint density at radius 1 is 1.14 bits per heavy atom. The van der Waals surface area contributed by atoms with Gasteiger partial charge in [0.05, 0.1) is 19.2 Å². The van der Waals surface area contributed by atoms with E-state index in [2.05, 4.69) is 20.8 Å². The van der Waals surface area contributed by atoms with Crippen LogP contribution in [0.3, 0.4) is 0 Å². The molecule has 1 aliphatic heterocycles.